The largest absolute Gasteiger partial charge is 0.393 e. The Morgan fingerprint density at radius 3 is 3.06 bits per heavy atom. The fourth-order valence-corrected chi connectivity index (χ4v) is 2.79. The number of nitrogens with zero attached hydrogens (tertiary/aromatic N) is 2. The van der Waals surface area contributed by atoms with Crippen LogP contribution in [0, 0.1) is 5.92 Å². The number of thioether (sulfide) groups is 1. The van der Waals surface area contributed by atoms with E-state index in [0.29, 0.717) is 12.1 Å². The molecule has 1 N–H and O–H groups in total. The van der Waals surface area contributed by atoms with Crippen LogP contribution >= 0.6 is 11.8 Å². The van der Waals surface area contributed by atoms with Crippen molar-refractivity contribution in [2.75, 3.05) is 19.3 Å². The minimum absolute atomic E-state index is 0.0237. The van der Waals surface area contributed by atoms with Crippen molar-refractivity contribution in [3.8, 4) is 0 Å². The lowest BCUT2D eigenvalue weighted by molar-refractivity contribution is 0.0758. The molecule has 5 heteroatoms. The molecule has 1 saturated heterocycles. The van der Waals surface area contributed by atoms with Crippen LogP contribution in [-0.2, 0) is 0 Å². The number of aliphatic hydroxyl groups is 1. The molecule has 18 heavy (non-hydrogen) atoms. The Hall–Kier alpha value is -1.07. The SMILES string of the molecule is CSc1ncccc1C(=O)N1CCC(C(C)O)C1. The van der Waals surface area contributed by atoms with Gasteiger partial charge in [-0.15, -0.1) is 11.8 Å². The summed E-state index contributed by atoms with van der Waals surface area (Å²) in [6.07, 6.45) is 4.14. The van der Waals surface area contributed by atoms with Crippen LogP contribution in [0.5, 0.6) is 0 Å². The van der Waals surface area contributed by atoms with Gasteiger partial charge in [-0.2, -0.15) is 0 Å². The van der Waals surface area contributed by atoms with Crippen LogP contribution in [-0.4, -0.2) is 46.3 Å². The van der Waals surface area contributed by atoms with E-state index in [1.165, 1.54) is 11.8 Å². The summed E-state index contributed by atoms with van der Waals surface area (Å²) >= 11 is 1.48. The normalized spacial score (nSPS) is 21.1. The topological polar surface area (TPSA) is 53.4 Å². The Kier molecular flexibility index (Phi) is 4.24. The lowest BCUT2D eigenvalue weighted by Gasteiger charge is -2.18. The molecule has 98 valence electrons. The van der Waals surface area contributed by atoms with Gasteiger partial charge in [0.25, 0.3) is 5.91 Å². The first kappa shape index (κ1) is 13.4. The van der Waals surface area contributed by atoms with Gasteiger partial charge in [-0.3, -0.25) is 4.79 Å². The van der Waals surface area contributed by atoms with Crippen LogP contribution in [0.4, 0.5) is 0 Å². The molecule has 0 saturated carbocycles. The van der Waals surface area contributed by atoms with Gasteiger partial charge >= 0.3 is 0 Å². The van der Waals surface area contributed by atoms with Crippen LogP contribution in [0.3, 0.4) is 0 Å². The molecule has 2 rings (SSSR count). The van der Waals surface area contributed by atoms with Crippen molar-refractivity contribution in [2.45, 2.75) is 24.5 Å². The zero-order chi connectivity index (χ0) is 13.1. The van der Waals surface area contributed by atoms with E-state index in [9.17, 15) is 9.90 Å². The molecule has 0 bridgehead atoms. The second kappa shape index (κ2) is 5.71. The molecule has 2 unspecified atom stereocenters. The summed E-state index contributed by atoms with van der Waals surface area (Å²) < 4.78 is 0. The van der Waals surface area contributed by atoms with E-state index < -0.39 is 0 Å². The number of hydrogen-bond acceptors (Lipinski definition) is 4. The van der Waals surface area contributed by atoms with Gasteiger partial charge in [-0.05, 0) is 31.7 Å². The van der Waals surface area contributed by atoms with Gasteiger partial charge in [0.1, 0.15) is 5.03 Å². The average molecular weight is 266 g/mol. The van der Waals surface area contributed by atoms with Crippen LogP contribution in [0.25, 0.3) is 0 Å². The third-order valence-corrected chi connectivity index (χ3v) is 4.10. The quantitative estimate of drug-likeness (QED) is 0.845. The Morgan fingerprint density at radius 1 is 1.67 bits per heavy atom. The third kappa shape index (κ3) is 2.67. The van der Waals surface area contributed by atoms with Crippen LogP contribution in [0.2, 0.25) is 0 Å². The summed E-state index contributed by atoms with van der Waals surface area (Å²) in [5.41, 5.74) is 0.663. The molecule has 1 fully saturated rings. The molecule has 0 radical (unpaired) electrons. The van der Waals surface area contributed by atoms with Gasteiger partial charge in [0, 0.05) is 25.2 Å². The van der Waals surface area contributed by atoms with Crippen molar-refractivity contribution >= 4 is 17.7 Å². The van der Waals surface area contributed by atoms with Gasteiger partial charge in [-0.1, -0.05) is 0 Å². The number of rotatable bonds is 3. The Labute approximate surface area is 111 Å². The first-order chi connectivity index (χ1) is 8.63. The predicted molar refractivity (Wildman–Crippen MR) is 71.7 cm³/mol. The minimum Gasteiger partial charge on any atom is -0.393 e. The zero-order valence-corrected chi connectivity index (χ0v) is 11.5. The van der Waals surface area contributed by atoms with Crippen molar-refractivity contribution in [3.63, 3.8) is 0 Å². The zero-order valence-electron chi connectivity index (χ0n) is 10.7. The fraction of sp³-hybridized carbons (Fsp3) is 0.538. The smallest absolute Gasteiger partial charge is 0.256 e. The van der Waals surface area contributed by atoms with Gasteiger partial charge < -0.3 is 10.0 Å². The molecule has 1 aromatic rings. The highest BCUT2D eigenvalue weighted by Gasteiger charge is 2.30. The van der Waals surface area contributed by atoms with Crippen molar-refractivity contribution in [3.05, 3.63) is 23.9 Å². The molecule has 1 aromatic heterocycles. The van der Waals surface area contributed by atoms with Crippen LogP contribution in [0.1, 0.15) is 23.7 Å². The summed E-state index contributed by atoms with van der Waals surface area (Å²) in [6.45, 7) is 3.15. The molecule has 4 nitrogen and oxygen atoms in total. The molecule has 1 aliphatic rings. The Balaban J connectivity index is 2.13. The maximum atomic E-state index is 12.4. The Bertz CT molecular complexity index is 437. The lowest BCUT2D eigenvalue weighted by atomic mass is 10.0. The molecular formula is C13H18N2O2S. The van der Waals surface area contributed by atoms with Gasteiger partial charge in [-0.25, -0.2) is 4.98 Å². The van der Waals surface area contributed by atoms with Crippen molar-refractivity contribution < 1.29 is 9.90 Å². The maximum absolute atomic E-state index is 12.4. The van der Waals surface area contributed by atoms with E-state index >= 15 is 0 Å². The fourth-order valence-electron chi connectivity index (χ4n) is 2.25. The molecule has 2 heterocycles. The number of hydrogen-bond donors (Lipinski definition) is 1. The molecule has 2 atom stereocenters. The van der Waals surface area contributed by atoms with Gasteiger partial charge in [0.2, 0.25) is 0 Å². The number of carbonyl (C=O) groups excluding carboxylic acids is 1. The second-order valence-corrected chi connectivity index (χ2v) is 5.40. The monoisotopic (exact) mass is 266 g/mol. The first-order valence-electron chi connectivity index (χ1n) is 6.10. The molecule has 1 amide bonds. The number of pyridine rings is 1. The third-order valence-electron chi connectivity index (χ3n) is 3.39. The number of aliphatic hydroxyl groups excluding tert-OH is 1. The molecule has 0 spiro atoms. The van der Waals surface area contributed by atoms with E-state index in [1.807, 2.05) is 17.2 Å². The summed E-state index contributed by atoms with van der Waals surface area (Å²) in [6, 6.07) is 3.60. The van der Waals surface area contributed by atoms with Crippen molar-refractivity contribution in [1.29, 1.82) is 0 Å². The molecule has 0 aromatic carbocycles. The first-order valence-corrected chi connectivity index (χ1v) is 7.32. The summed E-state index contributed by atoms with van der Waals surface area (Å²) in [5, 5.41) is 10.3. The van der Waals surface area contributed by atoms with E-state index in [0.717, 1.165) is 18.0 Å². The number of likely N-dealkylation sites (tertiary alicyclic amines) is 1. The average Bonchev–Trinajstić information content (AvgIpc) is 2.87. The summed E-state index contributed by atoms with van der Waals surface area (Å²) in [7, 11) is 0. The van der Waals surface area contributed by atoms with Crippen molar-refractivity contribution in [1.82, 2.24) is 9.88 Å². The minimum atomic E-state index is -0.350. The Morgan fingerprint density at radius 2 is 2.44 bits per heavy atom. The highest BCUT2D eigenvalue weighted by atomic mass is 32.2. The van der Waals surface area contributed by atoms with Gasteiger partial charge in [0.05, 0.1) is 11.7 Å². The van der Waals surface area contributed by atoms with Crippen LogP contribution < -0.4 is 0 Å². The van der Waals surface area contributed by atoms with E-state index in [-0.39, 0.29) is 17.9 Å². The maximum Gasteiger partial charge on any atom is 0.256 e. The lowest BCUT2D eigenvalue weighted by Crippen LogP contribution is -2.30. The van der Waals surface area contributed by atoms with E-state index in [2.05, 4.69) is 4.98 Å². The van der Waals surface area contributed by atoms with Crippen LogP contribution in [0.15, 0.2) is 23.4 Å². The summed E-state index contributed by atoms with van der Waals surface area (Å²) in [4.78, 5) is 18.4. The standard InChI is InChI=1S/C13H18N2O2S/c1-9(16)10-5-7-15(8-10)13(17)11-4-3-6-14-12(11)18-2/h3-4,6,9-10,16H,5,7-8H2,1-2H3. The highest BCUT2D eigenvalue weighted by Crippen LogP contribution is 2.24. The van der Waals surface area contributed by atoms with Crippen molar-refractivity contribution in [2.24, 2.45) is 5.92 Å². The van der Waals surface area contributed by atoms with E-state index in [1.54, 1.807) is 19.2 Å². The number of amides is 1. The molecular weight excluding hydrogens is 248 g/mol. The predicted octanol–water partition coefficient (Wildman–Crippen LogP) is 1.65. The second-order valence-electron chi connectivity index (χ2n) is 4.60. The number of aromatic nitrogens is 1. The summed E-state index contributed by atoms with van der Waals surface area (Å²) in [5.74, 6) is 0.221. The van der Waals surface area contributed by atoms with Gasteiger partial charge in [0.15, 0.2) is 0 Å². The number of carbonyl (C=O) groups is 1. The molecule has 0 aliphatic carbocycles. The highest BCUT2D eigenvalue weighted by molar-refractivity contribution is 7.98. The van der Waals surface area contributed by atoms with E-state index in [4.69, 9.17) is 0 Å². The molecule has 1 aliphatic heterocycles.